The highest BCUT2D eigenvalue weighted by atomic mass is 19.3. The van der Waals surface area contributed by atoms with Crippen LogP contribution in [0.4, 0.5) is 8.78 Å². The van der Waals surface area contributed by atoms with Gasteiger partial charge in [0.05, 0.1) is 12.3 Å². The second-order valence-electron chi connectivity index (χ2n) is 4.37. The van der Waals surface area contributed by atoms with E-state index in [-0.39, 0.29) is 11.9 Å². The lowest BCUT2D eigenvalue weighted by atomic mass is 10.2. The molecule has 0 saturated carbocycles. The highest BCUT2D eigenvalue weighted by Crippen LogP contribution is 2.33. The predicted octanol–water partition coefficient (Wildman–Crippen LogP) is 3.77. The molecule has 0 atom stereocenters. The fourth-order valence-electron chi connectivity index (χ4n) is 1.62. The molecule has 0 aliphatic carbocycles. The van der Waals surface area contributed by atoms with E-state index in [4.69, 9.17) is 13.9 Å². The lowest BCUT2D eigenvalue weighted by Crippen LogP contribution is -2.11. The molecule has 0 unspecified atom stereocenters. The van der Waals surface area contributed by atoms with Crippen LogP contribution in [-0.2, 0) is 0 Å². The van der Waals surface area contributed by atoms with Crippen molar-refractivity contribution < 1.29 is 22.7 Å². The summed E-state index contributed by atoms with van der Waals surface area (Å²) in [5.41, 5.74) is 0.635. The number of oxazole rings is 1. The first kappa shape index (κ1) is 14.3. The van der Waals surface area contributed by atoms with Crippen molar-refractivity contribution in [2.24, 2.45) is 0 Å². The van der Waals surface area contributed by atoms with Gasteiger partial charge < -0.3 is 13.9 Å². The maximum absolute atomic E-state index is 12.3. The van der Waals surface area contributed by atoms with Crippen LogP contribution >= 0.6 is 0 Å². The Hall–Kier alpha value is -2.11. The molecule has 0 radical (unpaired) electrons. The van der Waals surface area contributed by atoms with E-state index in [2.05, 4.69) is 4.98 Å². The second kappa shape index (κ2) is 6.36. The van der Waals surface area contributed by atoms with Crippen LogP contribution in [-0.4, -0.2) is 24.1 Å². The molecule has 1 aromatic heterocycles. The number of aromatic nitrogens is 1. The Kier molecular flexibility index (Phi) is 4.55. The van der Waals surface area contributed by atoms with Crippen LogP contribution < -0.4 is 9.47 Å². The Bertz CT molecular complexity index is 541. The fourth-order valence-corrected chi connectivity index (χ4v) is 1.62. The van der Waals surface area contributed by atoms with Crippen LogP contribution in [0.5, 0.6) is 11.5 Å². The molecule has 6 heteroatoms. The average Bonchev–Trinajstić information content (AvgIpc) is 2.90. The number of alkyl halides is 2. The molecule has 2 rings (SSSR count). The van der Waals surface area contributed by atoms with Crippen molar-refractivity contribution in [2.75, 3.05) is 6.61 Å². The summed E-state index contributed by atoms with van der Waals surface area (Å²) >= 11 is 0. The van der Waals surface area contributed by atoms with Crippen molar-refractivity contribution in [1.29, 1.82) is 0 Å². The normalized spacial score (nSPS) is 11.1. The first-order valence-corrected chi connectivity index (χ1v) is 6.18. The van der Waals surface area contributed by atoms with Crippen molar-refractivity contribution in [3.63, 3.8) is 0 Å². The van der Waals surface area contributed by atoms with Gasteiger partial charge in [0.15, 0.2) is 11.5 Å². The number of halogens is 2. The molecule has 1 aromatic carbocycles. The summed E-state index contributed by atoms with van der Waals surface area (Å²) < 4.78 is 40.4. The van der Waals surface area contributed by atoms with E-state index in [1.807, 2.05) is 13.8 Å². The minimum absolute atomic E-state index is 0.0866. The third-order valence-electron chi connectivity index (χ3n) is 2.35. The van der Waals surface area contributed by atoms with Gasteiger partial charge in [0.1, 0.15) is 12.9 Å². The summed E-state index contributed by atoms with van der Waals surface area (Å²) in [5.74, 6) is 1.05. The molecule has 0 spiro atoms. The Morgan fingerprint density at radius 1 is 1.25 bits per heavy atom. The van der Waals surface area contributed by atoms with Gasteiger partial charge in [0.2, 0.25) is 5.89 Å². The number of hydrogen-bond acceptors (Lipinski definition) is 4. The van der Waals surface area contributed by atoms with E-state index in [0.717, 1.165) is 0 Å². The van der Waals surface area contributed by atoms with Crippen molar-refractivity contribution in [3.8, 4) is 23.0 Å². The van der Waals surface area contributed by atoms with Gasteiger partial charge in [-0.1, -0.05) is 0 Å². The van der Waals surface area contributed by atoms with E-state index in [0.29, 0.717) is 17.2 Å². The highest BCUT2D eigenvalue weighted by Gasteiger charge is 2.13. The number of ether oxygens (including phenoxy) is 2. The molecule has 108 valence electrons. The molecule has 4 nitrogen and oxygen atoms in total. The van der Waals surface area contributed by atoms with Crippen molar-refractivity contribution in [1.82, 2.24) is 4.98 Å². The first-order valence-electron chi connectivity index (χ1n) is 6.18. The van der Waals surface area contributed by atoms with Gasteiger partial charge >= 0.3 is 0 Å². The zero-order chi connectivity index (χ0) is 14.5. The van der Waals surface area contributed by atoms with Gasteiger partial charge in [-0.2, -0.15) is 0 Å². The average molecular weight is 283 g/mol. The number of benzene rings is 1. The molecule has 20 heavy (non-hydrogen) atoms. The molecule has 0 aliphatic heterocycles. The third-order valence-corrected chi connectivity index (χ3v) is 2.35. The standard InChI is InChI=1S/C14H15F2NO3/c1-9(2)20-11-4-3-10(14-17-5-6-18-14)7-12(11)19-8-13(15)16/h3-7,9,13H,8H2,1-2H3. The van der Waals surface area contributed by atoms with Crippen LogP contribution in [0.1, 0.15) is 13.8 Å². The molecule has 0 saturated heterocycles. The van der Waals surface area contributed by atoms with Gasteiger partial charge in [0, 0.05) is 5.56 Å². The Morgan fingerprint density at radius 2 is 2.05 bits per heavy atom. The van der Waals surface area contributed by atoms with E-state index in [1.165, 1.54) is 12.5 Å². The maximum atomic E-state index is 12.3. The maximum Gasteiger partial charge on any atom is 0.272 e. The molecular formula is C14H15F2NO3. The molecule has 2 aromatic rings. The number of hydrogen-bond donors (Lipinski definition) is 0. The highest BCUT2D eigenvalue weighted by molar-refractivity contribution is 5.59. The van der Waals surface area contributed by atoms with Crippen molar-refractivity contribution >= 4 is 0 Å². The Morgan fingerprint density at radius 3 is 2.65 bits per heavy atom. The van der Waals surface area contributed by atoms with Crippen LogP contribution in [0.3, 0.4) is 0 Å². The summed E-state index contributed by atoms with van der Waals surface area (Å²) in [6, 6.07) is 4.96. The summed E-state index contributed by atoms with van der Waals surface area (Å²) in [7, 11) is 0. The number of rotatable bonds is 6. The van der Waals surface area contributed by atoms with Gasteiger partial charge in [-0.15, -0.1) is 0 Å². The Balaban J connectivity index is 2.28. The summed E-state index contributed by atoms with van der Waals surface area (Å²) in [6.45, 7) is 3.00. The smallest absolute Gasteiger partial charge is 0.272 e. The lowest BCUT2D eigenvalue weighted by Gasteiger charge is -2.15. The van der Waals surface area contributed by atoms with Crippen LogP contribution in [0.25, 0.3) is 11.5 Å². The SMILES string of the molecule is CC(C)Oc1ccc(-c2ncco2)cc1OCC(F)F. The van der Waals surface area contributed by atoms with Crippen LogP contribution in [0.15, 0.2) is 35.1 Å². The molecule has 0 aliphatic rings. The van der Waals surface area contributed by atoms with E-state index in [9.17, 15) is 8.78 Å². The van der Waals surface area contributed by atoms with Crippen molar-refractivity contribution in [3.05, 3.63) is 30.7 Å². The fraction of sp³-hybridized carbons (Fsp3) is 0.357. The topological polar surface area (TPSA) is 44.5 Å². The Labute approximate surface area is 115 Å². The summed E-state index contributed by atoms with van der Waals surface area (Å²) in [6.07, 6.45) is 0.310. The van der Waals surface area contributed by atoms with Crippen LogP contribution in [0.2, 0.25) is 0 Å². The van der Waals surface area contributed by atoms with Gasteiger partial charge in [-0.3, -0.25) is 0 Å². The summed E-state index contributed by atoms with van der Waals surface area (Å²) in [5, 5.41) is 0. The zero-order valence-corrected chi connectivity index (χ0v) is 11.2. The van der Waals surface area contributed by atoms with Gasteiger partial charge in [-0.25, -0.2) is 13.8 Å². The monoisotopic (exact) mass is 283 g/mol. The molecule has 0 N–H and O–H groups in total. The van der Waals surface area contributed by atoms with E-state index < -0.39 is 13.0 Å². The minimum atomic E-state index is -2.55. The quantitative estimate of drug-likeness (QED) is 0.809. The van der Waals surface area contributed by atoms with Crippen molar-refractivity contribution in [2.45, 2.75) is 26.4 Å². The van der Waals surface area contributed by atoms with Crippen LogP contribution in [0, 0.1) is 0 Å². The van der Waals surface area contributed by atoms with E-state index in [1.54, 1.807) is 18.2 Å². The summed E-state index contributed by atoms with van der Waals surface area (Å²) in [4.78, 5) is 4.00. The lowest BCUT2D eigenvalue weighted by molar-refractivity contribution is 0.0792. The first-order chi connectivity index (χ1) is 9.56. The largest absolute Gasteiger partial charge is 0.487 e. The predicted molar refractivity (Wildman–Crippen MR) is 69.2 cm³/mol. The third kappa shape index (κ3) is 3.69. The number of nitrogens with zero attached hydrogens (tertiary/aromatic N) is 1. The van der Waals surface area contributed by atoms with Gasteiger partial charge in [-0.05, 0) is 32.0 Å². The van der Waals surface area contributed by atoms with E-state index >= 15 is 0 Å². The molecule has 0 fully saturated rings. The zero-order valence-electron chi connectivity index (χ0n) is 11.2. The molecule has 0 amide bonds. The molecular weight excluding hydrogens is 268 g/mol. The minimum Gasteiger partial charge on any atom is -0.487 e. The molecule has 0 bridgehead atoms. The second-order valence-corrected chi connectivity index (χ2v) is 4.37. The van der Waals surface area contributed by atoms with Gasteiger partial charge in [0.25, 0.3) is 6.43 Å². The molecule has 1 heterocycles.